The average molecular weight is 281 g/mol. The first kappa shape index (κ1) is 14.9. The molecule has 0 spiro atoms. The van der Waals surface area contributed by atoms with E-state index in [-0.39, 0.29) is 6.04 Å². The van der Waals surface area contributed by atoms with Gasteiger partial charge in [0.2, 0.25) is 0 Å². The van der Waals surface area contributed by atoms with Crippen molar-refractivity contribution in [2.75, 3.05) is 12.4 Å². The van der Waals surface area contributed by atoms with E-state index < -0.39 is 0 Å². The van der Waals surface area contributed by atoms with Gasteiger partial charge in [-0.2, -0.15) is 5.26 Å². The Morgan fingerprint density at radius 3 is 2.33 bits per heavy atom. The average Bonchev–Trinajstić information content (AvgIpc) is 2.53. The van der Waals surface area contributed by atoms with E-state index in [0.29, 0.717) is 11.6 Å². The van der Waals surface area contributed by atoms with Crippen LogP contribution in [0.15, 0.2) is 42.6 Å². The smallest absolute Gasteiger partial charge is 0.140 e. The highest BCUT2D eigenvalue weighted by molar-refractivity contribution is 5.45. The highest BCUT2D eigenvalue weighted by atomic mass is 16.5. The first-order chi connectivity index (χ1) is 10.1. The number of aromatic nitrogens is 1. The van der Waals surface area contributed by atoms with Gasteiger partial charge >= 0.3 is 0 Å². The maximum Gasteiger partial charge on any atom is 0.140 e. The van der Waals surface area contributed by atoms with E-state index in [0.717, 1.165) is 11.4 Å². The topological polar surface area (TPSA) is 57.9 Å². The Hall–Kier alpha value is -2.54. The van der Waals surface area contributed by atoms with Gasteiger partial charge in [-0.15, -0.1) is 0 Å². The quantitative estimate of drug-likeness (QED) is 0.906. The molecule has 0 amide bonds. The molecule has 0 aliphatic heterocycles. The zero-order valence-electron chi connectivity index (χ0n) is 12.5. The lowest BCUT2D eigenvalue weighted by atomic mass is 9.95. The van der Waals surface area contributed by atoms with Crippen molar-refractivity contribution in [1.29, 1.82) is 5.26 Å². The number of pyridine rings is 1. The summed E-state index contributed by atoms with van der Waals surface area (Å²) >= 11 is 0. The van der Waals surface area contributed by atoms with Gasteiger partial charge in [-0.05, 0) is 35.7 Å². The molecule has 1 heterocycles. The number of ether oxygens (including phenoxy) is 1. The number of nitriles is 1. The normalized spacial score (nSPS) is 11.8. The van der Waals surface area contributed by atoms with Crippen molar-refractivity contribution in [3.8, 4) is 11.8 Å². The maximum atomic E-state index is 8.78. The molecule has 2 rings (SSSR count). The number of hydrogen-bond donors (Lipinski definition) is 1. The summed E-state index contributed by atoms with van der Waals surface area (Å²) in [6.45, 7) is 4.33. The van der Waals surface area contributed by atoms with Gasteiger partial charge in [0.1, 0.15) is 17.5 Å². The number of rotatable bonds is 5. The van der Waals surface area contributed by atoms with Crippen LogP contribution in [0.25, 0.3) is 0 Å². The summed E-state index contributed by atoms with van der Waals surface area (Å²) in [5.41, 5.74) is 2.52. The van der Waals surface area contributed by atoms with Crippen LogP contribution < -0.4 is 10.1 Å². The third-order valence-electron chi connectivity index (χ3n) is 3.34. The zero-order chi connectivity index (χ0) is 15.2. The molecular formula is C17H19N3O. The van der Waals surface area contributed by atoms with Crippen LogP contribution in [0.3, 0.4) is 0 Å². The SMILES string of the molecule is COc1ccc(C(Nc2ccc(C#N)nc2)C(C)C)cc1. The van der Waals surface area contributed by atoms with E-state index in [4.69, 9.17) is 10.00 Å². The summed E-state index contributed by atoms with van der Waals surface area (Å²) in [4.78, 5) is 4.09. The maximum absolute atomic E-state index is 8.78. The first-order valence-electron chi connectivity index (χ1n) is 6.90. The van der Waals surface area contributed by atoms with Gasteiger partial charge in [-0.25, -0.2) is 4.98 Å². The molecule has 1 aromatic carbocycles. The Morgan fingerprint density at radius 2 is 1.86 bits per heavy atom. The molecule has 0 bridgehead atoms. The van der Waals surface area contributed by atoms with Gasteiger partial charge < -0.3 is 10.1 Å². The summed E-state index contributed by atoms with van der Waals surface area (Å²) in [7, 11) is 1.66. The van der Waals surface area contributed by atoms with Crippen molar-refractivity contribution < 1.29 is 4.74 Å². The van der Waals surface area contributed by atoms with E-state index in [9.17, 15) is 0 Å². The van der Waals surface area contributed by atoms with Crippen LogP contribution in [0.4, 0.5) is 5.69 Å². The van der Waals surface area contributed by atoms with Crippen LogP contribution >= 0.6 is 0 Å². The third-order valence-corrected chi connectivity index (χ3v) is 3.34. The summed E-state index contributed by atoms with van der Waals surface area (Å²) < 4.78 is 5.19. The van der Waals surface area contributed by atoms with E-state index in [1.54, 1.807) is 19.4 Å². The molecule has 1 aromatic heterocycles. The van der Waals surface area contributed by atoms with Gasteiger partial charge in [0.25, 0.3) is 0 Å². The largest absolute Gasteiger partial charge is 0.497 e. The lowest BCUT2D eigenvalue weighted by Gasteiger charge is -2.24. The van der Waals surface area contributed by atoms with Gasteiger partial charge in [0, 0.05) is 0 Å². The number of methoxy groups -OCH3 is 1. The Labute approximate surface area is 125 Å². The van der Waals surface area contributed by atoms with E-state index >= 15 is 0 Å². The van der Waals surface area contributed by atoms with Gasteiger partial charge in [0.05, 0.1) is 25.0 Å². The fourth-order valence-electron chi connectivity index (χ4n) is 2.17. The first-order valence-corrected chi connectivity index (χ1v) is 6.90. The van der Waals surface area contributed by atoms with Crippen LogP contribution in [0, 0.1) is 17.2 Å². The van der Waals surface area contributed by atoms with Crippen LogP contribution in [-0.2, 0) is 0 Å². The molecule has 0 aliphatic carbocycles. The molecule has 1 unspecified atom stereocenters. The van der Waals surface area contributed by atoms with Crippen LogP contribution in [0.5, 0.6) is 5.75 Å². The second-order valence-corrected chi connectivity index (χ2v) is 5.18. The minimum absolute atomic E-state index is 0.172. The second-order valence-electron chi connectivity index (χ2n) is 5.18. The predicted molar refractivity (Wildman–Crippen MR) is 83.1 cm³/mol. The highest BCUT2D eigenvalue weighted by Gasteiger charge is 2.15. The van der Waals surface area contributed by atoms with Crippen molar-refractivity contribution in [2.45, 2.75) is 19.9 Å². The summed E-state index contributed by atoms with van der Waals surface area (Å²) in [6.07, 6.45) is 1.69. The number of nitrogens with one attached hydrogen (secondary N) is 1. The molecule has 0 saturated carbocycles. The van der Waals surface area contributed by atoms with E-state index in [1.807, 2.05) is 24.3 Å². The van der Waals surface area contributed by atoms with Crippen LogP contribution in [0.1, 0.15) is 31.1 Å². The molecule has 4 nitrogen and oxygen atoms in total. The van der Waals surface area contributed by atoms with Crippen LogP contribution in [-0.4, -0.2) is 12.1 Å². The fraction of sp³-hybridized carbons (Fsp3) is 0.294. The minimum atomic E-state index is 0.172. The molecule has 0 aliphatic rings. The molecule has 0 fully saturated rings. The molecule has 4 heteroatoms. The molecule has 0 saturated heterocycles. The Morgan fingerprint density at radius 1 is 1.14 bits per heavy atom. The van der Waals surface area contributed by atoms with Crippen molar-refractivity contribution in [1.82, 2.24) is 4.98 Å². The summed E-state index contributed by atoms with van der Waals surface area (Å²) in [5, 5.41) is 12.3. The molecular weight excluding hydrogens is 262 g/mol. The van der Waals surface area contributed by atoms with Gasteiger partial charge in [0.15, 0.2) is 0 Å². The lowest BCUT2D eigenvalue weighted by Crippen LogP contribution is -2.16. The molecule has 108 valence electrons. The van der Waals surface area contributed by atoms with E-state index in [1.165, 1.54) is 5.56 Å². The molecule has 1 N–H and O–H groups in total. The Bertz CT molecular complexity index is 612. The standard InChI is InChI=1S/C17H19N3O/c1-12(2)17(13-4-8-16(21-3)9-5-13)20-15-7-6-14(10-18)19-11-15/h4-9,11-12,17,20H,1-3H3. The van der Waals surface area contributed by atoms with Crippen molar-refractivity contribution in [3.63, 3.8) is 0 Å². The predicted octanol–water partition coefficient (Wildman–Crippen LogP) is 3.77. The van der Waals surface area contributed by atoms with Crippen molar-refractivity contribution in [3.05, 3.63) is 53.9 Å². The third kappa shape index (κ3) is 3.73. The zero-order valence-corrected chi connectivity index (χ0v) is 12.5. The van der Waals surface area contributed by atoms with Gasteiger partial charge in [-0.3, -0.25) is 0 Å². The Kier molecular flexibility index (Phi) is 4.78. The summed E-state index contributed by atoms with van der Waals surface area (Å²) in [6, 6.07) is 13.8. The fourth-order valence-corrected chi connectivity index (χ4v) is 2.17. The summed E-state index contributed by atoms with van der Waals surface area (Å²) in [5.74, 6) is 1.26. The number of nitrogens with zero attached hydrogens (tertiary/aromatic N) is 2. The monoisotopic (exact) mass is 281 g/mol. The van der Waals surface area contributed by atoms with Crippen molar-refractivity contribution in [2.24, 2.45) is 5.92 Å². The highest BCUT2D eigenvalue weighted by Crippen LogP contribution is 2.27. The molecule has 2 aromatic rings. The van der Waals surface area contributed by atoms with Gasteiger partial charge in [-0.1, -0.05) is 26.0 Å². The Balaban J connectivity index is 2.19. The number of hydrogen-bond acceptors (Lipinski definition) is 4. The second kappa shape index (κ2) is 6.76. The molecule has 1 atom stereocenters. The number of anilines is 1. The molecule has 0 radical (unpaired) electrons. The van der Waals surface area contributed by atoms with Crippen LogP contribution in [0.2, 0.25) is 0 Å². The van der Waals surface area contributed by atoms with E-state index in [2.05, 4.69) is 36.3 Å². The minimum Gasteiger partial charge on any atom is -0.497 e. The number of benzene rings is 1. The lowest BCUT2D eigenvalue weighted by molar-refractivity contribution is 0.414. The van der Waals surface area contributed by atoms with Crippen molar-refractivity contribution >= 4 is 5.69 Å². The molecule has 21 heavy (non-hydrogen) atoms.